The first kappa shape index (κ1) is 13.3. The lowest BCUT2D eigenvalue weighted by atomic mass is 9.94. The second-order valence-corrected chi connectivity index (χ2v) is 4.31. The summed E-state index contributed by atoms with van der Waals surface area (Å²) in [5, 5.41) is 2.79. The van der Waals surface area contributed by atoms with E-state index >= 15 is 0 Å². The van der Waals surface area contributed by atoms with Crippen LogP contribution in [-0.4, -0.2) is 19.0 Å². The van der Waals surface area contributed by atoms with Crippen molar-refractivity contribution in [1.29, 1.82) is 0 Å². The fourth-order valence-electron chi connectivity index (χ4n) is 2.02. The number of hydrogen-bond acceptors (Lipinski definition) is 3. The van der Waals surface area contributed by atoms with Crippen LogP contribution in [-0.2, 0) is 14.3 Å². The fourth-order valence-corrected chi connectivity index (χ4v) is 2.02. The van der Waals surface area contributed by atoms with E-state index in [-0.39, 0.29) is 17.8 Å². The van der Waals surface area contributed by atoms with Gasteiger partial charge in [-0.3, -0.25) is 4.79 Å². The molecule has 1 N–H and O–H groups in total. The zero-order valence-corrected chi connectivity index (χ0v) is 10.5. The van der Waals surface area contributed by atoms with E-state index in [0.29, 0.717) is 18.4 Å². The number of esters is 1. The number of rotatable bonds is 2. The van der Waals surface area contributed by atoms with E-state index in [2.05, 4.69) is 10.1 Å². The van der Waals surface area contributed by atoms with E-state index in [9.17, 15) is 14.0 Å². The Kier molecular flexibility index (Phi) is 3.94. The molecule has 1 atom stereocenters. The lowest BCUT2D eigenvalue weighted by Crippen LogP contribution is -2.34. The zero-order chi connectivity index (χ0) is 13.8. The van der Waals surface area contributed by atoms with Gasteiger partial charge in [0.15, 0.2) is 0 Å². The van der Waals surface area contributed by atoms with Gasteiger partial charge in [-0.05, 0) is 30.5 Å². The molecule has 1 aromatic rings. The zero-order valence-electron chi connectivity index (χ0n) is 10.5. The number of ether oxygens (including phenoxy) is 1. The van der Waals surface area contributed by atoms with Crippen molar-refractivity contribution in [1.82, 2.24) is 5.32 Å². The highest BCUT2D eigenvalue weighted by molar-refractivity contribution is 6.00. The van der Waals surface area contributed by atoms with Gasteiger partial charge in [-0.15, -0.1) is 0 Å². The largest absolute Gasteiger partial charge is 0.466 e. The number of carbonyl (C=O) groups is 2. The topological polar surface area (TPSA) is 55.4 Å². The van der Waals surface area contributed by atoms with Crippen molar-refractivity contribution in [3.63, 3.8) is 0 Å². The summed E-state index contributed by atoms with van der Waals surface area (Å²) in [6.45, 7) is 0. The van der Waals surface area contributed by atoms with Gasteiger partial charge in [0.25, 0.3) is 0 Å². The monoisotopic (exact) mass is 263 g/mol. The van der Waals surface area contributed by atoms with Crippen molar-refractivity contribution < 1.29 is 18.7 Å². The van der Waals surface area contributed by atoms with Gasteiger partial charge in [0.05, 0.1) is 13.2 Å². The maximum absolute atomic E-state index is 12.8. The number of methoxy groups -OCH3 is 1. The third kappa shape index (κ3) is 3.19. The summed E-state index contributed by atoms with van der Waals surface area (Å²) in [5.74, 6) is -1.13. The average molecular weight is 263 g/mol. The molecule has 4 nitrogen and oxygen atoms in total. The van der Waals surface area contributed by atoms with E-state index in [1.807, 2.05) is 0 Å². The Morgan fingerprint density at radius 2 is 2.11 bits per heavy atom. The van der Waals surface area contributed by atoms with Gasteiger partial charge in [-0.25, -0.2) is 9.18 Å². The molecule has 1 amide bonds. The molecule has 0 radical (unpaired) electrons. The van der Waals surface area contributed by atoms with Crippen LogP contribution in [0, 0.1) is 5.82 Å². The molecule has 0 saturated carbocycles. The minimum Gasteiger partial charge on any atom is -0.466 e. The maximum atomic E-state index is 12.8. The van der Waals surface area contributed by atoms with Crippen LogP contribution in [0.5, 0.6) is 0 Å². The van der Waals surface area contributed by atoms with E-state index in [4.69, 9.17) is 0 Å². The summed E-state index contributed by atoms with van der Waals surface area (Å²) in [6.07, 6.45) is 2.36. The number of halogens is 1. The standard InChI is InChI=1S/C14H14FNO3/c1-19-13(17)8-10-4-7-12(16-14(10)18)9-2-5-11(15)6-3-9/h2-3,5-6,8,12H,4,7H2,1H3,(H,16,18). The van der Waals surface area contributed by atoms with Crippen molar-refractivity contribution in [3.05, 3.63) is 47.3 Å². The second-order valence-electron chi connectivity index (χ2n) is 4.31. The molecule has 0 spiro atoms. The number of nitrogens with one attached hydrogen (secondary N) is 1. The third-order valence-corrected chi connectivity index (χ3v) is 3.06. The molecular weight excluding hydrogens is 249 g/mol. The molecule has 1 aromatic carbocycles. The lowest BCUT2D eigenvalue weighted by molar-refractivity contribution is -0.135. The quantitative estimate of drug-likeness (QED) is 0.654. The van der Waals surface area contributed by atoms with Crippen molar-refractivity contribution >= 4 is 11.9 Å². The van der Waals surface area contributed by atoms with E-state index in [0.717, 1.165) is 5.56 Å². The van der Waals surface area contributed by atoms with Gasteiger partial charge in [0, 0.05) is 11.6 Å². The van der Waals surface area contributed by atoms with Gasteiger partial charge in [0.2, 0.25) is 5.91 Å². The predicted molar refractivity (Wildman–Crippen MR) is 66.6 cm³/mol. The summed E-state index contributed by atoms with van der Waals surface area (Å²) < 4.78 is 17.3. The van der Waals surface area contributed by atoms with Crippen molar-refractivity contribution in [2.75, 3.05) is 7.11 Å². The van der Waals surface area contributed by atoms with Crippen molar-refractivity contribution in [3.8, 4) is 0 Å². The normalized spacial score (nSPS) is 21.1. The Balaban J connectivity index is 2.08. The maximum Gasteiger partial charge on any atom is 0.330 e. The molecule has 1 fully saturated rings. The summed E-state index contributed by atoms with van der Waals surface area (Å²) in [6, 6.07) is 5.87. The van der Waals surface area contributed by atoms with Crippen LogP contribution < -0.4 is 5.32 Å². The van der Waals surface area contributed by atoms with Crippen LogP contribution in [0.3, 0.4) is 0 Å². The van der Waals surface area contributed by atoms with E-state index in [1.165, 1.54) is 25.3 Å². The van der Waals surface area contributed by atoms with E-state index < -0.39 is 5.97 Å². The number of amides is 1. The summed E-state index contributed by atoms with van der Waals surface area (Å²) in [5.41, 5.74) is 1.26. The number of benzene rings is 1. The molecule has 1 heterocycles. The van der Waals surface area contributed by atoms with Crippen molar-refractivity contribution in [2.45, 2.75) is 18.9 Å². The Hall–Kier alpha value is -2.17. The minimum absolute atomic E-state index is 0.150. The van der Waals surface area contributed by atoms with Gasteiger partial charge in [-0.2, -0.15) is 0 Å². The molecule has 2 rings (SSSR count). The second kappa shape index (κ2) is 5.65. The van der Waals surface area contributed by atoms with Crippen LogP contribution in [0.2, 0.25) is 0 Å². The highest BCUT2D eigenvalue weighted by Crippen LogP contribution is 2.26. The highest BCUT2D eigenvalue weighted by atomic mass is 19.1. The number of hydrogen-bond donors (Lipinski definition) is 1. The van der Waals surface area contributed by atoms with Gasteiger partial charge >= 0.3 is 5.97 Å². The highest BCUT2D eigenvalue weighted by Gasteiger charge is 2.24. The molecule has 0 bridgehead atoms. The van der Waals surface area contributed by atoms with Crippen LogP contribution in [0.25, 0.3) is 0 Å². The summed E-state index contributed by atoms with van der Waals surface area (Å²) in [7, 11) is 1.27. The molecule has 1 saturated heterocycles. The molecule has 100 valence electrons. The SMILES string of the molecule is COC(=O)C=C1CCC(c2ccc(F)cc2)NC1=O. The van der Waals surface area contributed by atoms with Crippen LogP contribution >= 0.6 is 0 Å². The predicted octanol–water partition coefficient (Wildman–Crippen LogP) is 1.88. The molecule has 5 heteroatoms. The van der Waals surface area contributed by atoms with Gasteiger partial charge in [-0.1, -0.05) is 12.1 Å². The Bertz CT molecular complexity index is 522. The molecule has 19 heavy (non-hydrogen) atoms. The van der Waals surface area contributed by atoms with Gasteiger partial charge in [0.1, 0.15) is 5.82 Å². The first-order valence-electron chi connectivity index (χ1n) is 5.95. The Labute approximate surface area is 110 Å². The van der Waals surface area contributed by atoms with E-state index in [1.54, 1.807) is 12.1 Å². The summed E-state index contributed by atoms with van der Waals surface area (Å²) in [4.78, 5) is 22.9. The molecular formula is C14H14FNO3. The average Bonchev–Trinajstić information content (AvgIpc) is 2.41. The first-order valence-corrected chi connectivity index (χ1v) is 5.95. The Morgan fingerprint density at radius 1 is 1.42 bits per heavy atom. The van der Waals surface area contributed by atoms with Crippen molar-refractivity contribution in [2.24, 2.45) is 0 Å². The van der Waals surface area contributed by atoms with Crippen LogP contribution in [0.4, 0.5) is 4.39 Å². The van der Waals surface area contributed by atoms with Crippen LogP contribution in [0.1, 0.15) is 24.4 Å². The molecule has 1 aliphatic rings. The van der Waals surface area contributed by atoms with Crippen LogP contribution in [0.15, 0.2) is 35.9 Å². The first-order chi connectivity index (χ1) is 9.10. The molecule has 1 unspecified atom stereocenters. The summed E-state index contributed by atoms with van der Waals surface area (Å²) >= 11 is 0. The number of carbonyl (C=O) groups excluding carboxylic acids is 2. The Morgan fingerprint density at radius 3 is 2.68 bits per heavy atom. The molecule has 0 aromatic heterocycles. The van der Waals surface area contributed by atoms with Gasteiger partial charge < -0.3 is 10.1 Å². The number of piperidine rings is 1. The fraction of sp³-hybridized carbons (Fsp3) is 0.286. The molecule has 0 aliphatic carbocycles. The lowest BCUT2D eigenvalue weighted by Gasteiger charge is -2.25. The smallest absolute Gasteiger partial charge is 0.330 e. The minimum atomic E-state index is -0.537. The molecule has 1 aliphatic heterocycles. The third-order valence-electron chi connectivity index (χ3n) is 3.06.